The van der Waals surface area contributed by atoms with Crippen molar-refractivity contribution in [3.05, 3.63) is 45.4 Å². The third kappa shape index (κ3) is 5.25. The maximum atomic E-state index is 13.6. The summed E-state index contributed by atoms with van der Waals surface area (Å²) >= 11 is 5.84. The van der Waals surface area contributed by atoms with Crippen molar-refractivity contribution in [1.29, 1.82) is 0 Å². The van der Waals surface area contributed by atoms with Gasteiger partial charge in [0.25, 0.3) is 5.56 Å². The van der Waals surface area contributed by atoms with Crippen LogP contribution in [0.3, 0.4) is 0 Å². The molecule has 0 radical (unpaired) electrons. The van der Waals surface area contributed by atoms with E-state index >= 15 is 0 Å². The molecular formula is C26H34ClN5O5S. The Bertz CT molecular complexity index is 1480. The number of H-pyrrole nitrogens is 1. The molecule has 1 fully saturated rings. The lowest BCUT2D eigenvalue weighted by molar-refractivity contribution is 0.112. The number of alkyl halides is 1. The number of hydrogen-bond acceptors (Lipinski definition) is 7. The maximum Gasteiger partial charge on any atom is 0.275 e. The second-order valence-electron chi connectivity index (χ2n) is 9.15. The molecule has 4 rings (SSSR count). The zero-order valence-electron chi connectivity index (χ0n) is 22.0. The minimum absolute atomic E-state index is 0.0913. The van der Waals surface area contributed by atoms with Gasteiger partial charge in [0, 0.05) is 44.2 Å². The summed E-state index contributed by atoms with van der Waals surface area (Å²) < 4.78 is 35.9. The maximum absolute atomic E-state index is 13.6. The van der Waals surface area contributed by atoms with E-state index in [9.17, 15) is 18.0 Å². The van der Waals surface area contributed by atoms with Crippen LogP contribution in [0.25, 0.3) is 16.9 Å². The molecule has 1 aliphatic rings. The van der Waals surface area contributed by atoms with E-state index in [0.717, 1.165) is 19.3 Å². The van der Waals surface area contributed by atoms with Gasteiger partial charge in [-0.1, -0.05) is 20.3 Å². The molecule has 0 spiro atoms. The highest BCUT2D eigenvalue weighted by molar-refractivity contribution is 7.89. The number of aryl methyl sites for hydroxylation is 2. The zero-order valence-corrected chi connectivity index (χ0v) is 23.6. The van der Waals surface area contributed by atoms with E-state index in [1.54, 1.807) is 6.07 Å². The lowest BCUT2D eigenvalue weighted by Gasteiger charge is -2.33. The van der Waals surface area contributed by atoms with E-state index in [1.165, 1.54) is 21.0 Å². The van der Waals surface area contributed by atoms with Gasteiger partial charge in [-0.2, -0.15) is 4.31 Å². The van der Waals surface area contributed by atoms with Gasteiger partial charge in [0.1, 0.15) is 11.3 Å². The van der Waals surface area contributed by atoms with Crippen LogP contribution in [0, 0.1) is 0 Å². The van der Waals surface area contributed by atoms with Gasteiger partial charge in [-0.05, 0) is 43.5 Å². The number of aromatic amines is 1. The predicted octanol–water partition coefficient (Wildman–Crippen LogP) is 2.96. The van der Waals surface area contributed by atoms with Crippen LogP contribution in [-0.2, 0) is 22.9 Å². The second kappa shape index (κ2) is 12.0. The van der Waals surface area contributed by atoms with Crippen molar-refractivity contribution >= 4 is 33.4 Å². The number of aldehydes is 1. The summed E-state index contributed by atoms with van der Waals surface area (Å²) in [6.07, 6.45) is 2.61. The van der Waals surface area contributed by atoms with Crippen LogP contribution in [0.2, 0.25) is 0 Å². The fourth-order valence-electron chi connectivity index (χ4n) is 5.01. The van der Waals surface area contributed by atoms with E-state index in [0.29, 0.717) is 85.2 Å². The highest BCUT2D eigenvalue weighted by Gasteiger charge is 2.30. The molecule has 1 N–H and O–H groups in total. The van der Waals surface area contributed by atoms with Crippen molar-refractivity contribution < 1.29 is 17.9 Å². The van der Waals surface area contributed by atoms with E-state index in [-0.39, 0.29) is 10.7 Å². The van der Waals surface area contributed by atoms with Gasteiger partial charge in [-0.25, -0.2) is 12.9 Å². The Morgan fingerprint density at radius 2 is 1.89 bits per heavy atom. The van der Waals surface area contributed by atoms with Crippen LogP contribution in [-0.4, -0.2) is 83.7 Å². The molecule has 38 heavy (non-hydrogen) atoms. The molecule has 3 aromatic rings. The van der Waals surface area contributed by atoms with Crippen molar-refractivity contribution in [3.63, 3.8) is 0 Å². The Balaban J connectivity index is 1.84. The number of halogens is 1. The summed E-state index contributed by atoms with van der Waals surface area (Å²) in [5.41, 5.74) is 2.09. The lowest BCUT2D eigenvalue weighted by atomic mass is 10.1. The van der Waals surface area contributed by atoms with Gasteiger partial charge in [0.15, 0.2) is 12.1 Å². The third-order valence-corrected chi connectivity index (χ3v) is 8.93. The number of hydrogen-bond donors (Lipinski definition) is 1. The van der Waals surface area contributed by atoms with Crippen LogP contribution in [0.4, 0.5) is 0 Å². The van der Waals surface area contributed by atoms with E-state index in [2.05, 4.69) is 9.88 Å². The van der Waals surface area contributed by atoms with E-state index in [1.807, 2.05) is 20.8 Å². The highest BCUT2D eigenvalue weighted by Crippen LogP contribution is 2.32. The topological polar surface area (TPSA) is 117 Å². The number of carbonyl (C=O) groups excluding carboxylic acids is 1. The molecule has 1 aliphatic heterocycles. The van der Waals surface area contributed by atoms with Gasteiger partial charge in [0.2, 0.25) is 10.0 Å². The second-order valence-corrected chi connectivity index (χ2v) is 11.5. The van der Waals surface area contributed by atoms with Crippen molar-refractivity contribution in [2.45, 2.75) is 44.9 Å². The molecule has 0 aliphatic carbocycles. The molecule has 2 aromatic heterocycles. The molecule has 0 unspecified atom stereocenters. The first-order valence-electron chi connectivity index (χ1n) is 13.0. The number of nitrogens with zero attached hydrogens (tertiary/aromatic N) is 4. The van der Waals surface area contributed by atoms with Crippen molar-refractivity contribution in [2.75, 3.05) is 45.2 Å². The number of piperazine rings is 1. The molecular weight excluding hydrogens is 530 g/mol. The summed E-state index contributed by atoms with van der Waals surface area (Å²) in [5.74, 6) is 1.07. The summed E-state index contributed by atoms with van der Waals surface area (Å²) in [6.45, 7) is 8.70. The van der Waals surface area contributed by atoms with Crippen LogP contribution >= 0.6 is 11.6 Å². The van der Waals surface area contributed by atoms with E-state index < -0.39 is 15.6 Å². The van der Waals surface area contributed by atoms with Crippen LogP contribution < -0.4 is 10.3 Å². The van der Waals surface area contributed by atoms with Gasteiger partial charge >= 0.3 is 0 Å². The largest absolute Gasteiger partial charge is 0.493 e. The fraction of sp³-hybridized carbons (Fsp3) is 0.500. The number of sulfonamides is 1. The Morgan fingerprint density at radius 1 is 1.16 bits per heavy atom. The van der Waals surface area contributed by atoms with Crippen LogP contribution in [0.15, 0.2) is 27.9 Å². The Kier molecular flexibility index (Phi) is 8.92. The van der Waals surface area contributed by atoms with E-state index in [4.69, 9.17) is 21.4 Å². The van der Waals surface area contributed by atoms with Gasteiger partial charge < -0.3 is 9.72 Å². The van der Waals surface area contributed by atoms with Crippen LogP contribution in [0.1, 0.15) is 48.8 Å². The Labute approximate surface area is 227 Å². The quantitative estimate of drug-likeness (QED) is 0.281. The zero-order chi connectivity index (χ0) is 27.4. The average molecular weight is 564 g/mol. The summed E-state index contributed by atoms with van der Waals surface area (Å²) in [7, 11) is -3.80. The highest BCUT2D eigenvalue weighted by atomic mass is 35.5. The molecule has 0 saturated carbocycles. The first-order chi connectivity index (χ1) is 18.3. The minimum Gasteiger partial charge on any atom is -0.493 e. The minimum atomic E-state index is -3.80. The lowest BCUT2D eigenvalue weighted by Crippen LogP contribution is -2.48. The molecule has 0 amide bonds. The molecule has 0 bridgehead atoms. The summed E-state index contributed by atoms with van der Waals surface area (Å²) in [6, 6.07) is 4.61. The molecule has 10 nitrogen and oxygen atoms in total. The number of rotatable bonds is 11. The number of fused-ring (bicyclic) bond motifs is 1. The standard InChI is InChI=1S/C26H34ClN5O5S/c1-4-7-22-21(17-33)19(5-2)24-26(34)28-25(29-32(22)24)20-16-18(8-9-23(20)37-6-3)38(35,36)31-14-12-30(11-10-27)13-15-31/h8-9,16-17H,4-7,10-15H2,1-3H3,(H,28,29,34). The summed E-state index contributed by atoms with van der Waals surface area (Å²) in [5, 5.41) is 4.71. The SMILES string of the molecule is CCCc1c(C=O)c(CC)c2c(=O)[nH]c(-c3cc(S(=O)(=O)N4CCN(CCCl)CC4)ccc3OCC)nn12. The number of nitrogens with one attached hydrogen (secondary N) is 1. The van der Waals surface area contributed by atoms with Crippen molar-refractivity contribution in [1.82, 2.24) is 23.8 Å². The molecule has 1 saturated heterocycles. The first kappa shape index (κ1) is 28.3. The first-order valence-corrected chi connectivity index (χ1v) is 15.0. The monoisotopic (exact) mass is 563 g/mol. The van der Waals surface area contributed by atoms with Gasteiger partial charge in [0.05, 0.1) is 22.8 Å². The average Bonchev–Trinajstić information content (AvgIpc) is 3.22. The molecule has 1 aromatic carbocycles. The van der Waals surface area contributed by atoms with Crippen molar-refractivity contribution in [3.8, 4) is 17.1 Å². The van der Waals surface area contributed by atoms with Crippen molar-refractivity contribution in [2.24, 2.45) is 0 Å². The smallest absolute Gasteiger partial charge is 0.275 e. The third-order valence-electron chi connectivity index (χ3n) is 6.87. The Morgan fingerprint density at radius 3 is 2.50 bits per heavy atom. The molecule has 206 valence electrons. The number of aromatic nitrogens is 3. The summed E-state index contributed by atoms with van der Waals surface area (Å²) in [4.78, 5) is 30.3. The molecule has 3 heterocycles. The van der Waals surface area contributed by atoms with Gasteiger partial charge in [-0.15, -0.1) is 16.7 Å². The number of carbonyl (C=O) groups is 1. The molecule has 12 heteroatoms. The predicted molar refractivity (Wildman–Crippen MR) is 147 cm³/mol. The van der Waals surface area contributed by atoms with Gasteiger partial charge in [-0.3, -0.25) is 14.5 Å². The van der Waals surface area contributed by atoms with Crippen LogP contribution in [0.5, 0.6) is 5.75 Å². The Hall–Kier alpha value is -2.73. The molecule has 0 atom stereocenters. The normalized spacial score (nSPS) is 15.3. The fourth-order valence-corrected chi connectivity index (χ4v) is 6.70. The number of benzene rings is 1. The number of ether oxygens (including phenoxy) is 1.